The Morgan fingerprint density at radius 1 is 1.60 bits per heavy atom. The Kier molecular flexibility index (Phi) is 5.42. The van der Waals surface area contributed by atoms with Gasteiger partial charge in [0.15, 0.2) is 5.82 Å². The van der Waals surface area contributed by atoms with E-state index in [4.69, 9.17) is 16.3 Å². The van der Waals surface area contributed by atoms with Crippen LogP contribution in [0.25, 0.3) is 0 Å². The van der Waals surface area contributed by atoms with Gasteiger partial charge in [0.1, 0.15) is 17.9 Å². The average Bonchev–Trinajstić information content (AvgIpc) is 2.16. The Bertz CT molecular complexity index is 307. The number of aryl methyl sites for hydroxylation is 1. The van der Waals surface area contributed by atoms with E-state index in [0.717, 1.165) is 5.69 Å². The molecule has 1 rings (SSSR count). The van der Waals surface area contributed by atoms with Gasteiger partial charge in [-0.15, -0.1) is 0 Å². The molecule has 1 atom stereocenters. The van der Waals surface area contributed by atoms with Gasteiger partial charge in [0.2, 0.25) is 0 Å². The van der Waals surface area contributed by atoms with Crippen molar-refractivity contribution in [1.82, 2.24) is 9.97 Å². The highest BCUT2D eigenvalue weighted by Gasteiger charge is 2.05. The van der Waals surface area contributed by atoms with Gasteiger partial charge in [-0.05, 0) is 13.0 Å². The van der Waals surface area contributed by atoms with E-state index in [0.29, 0.717) is 11.0 Å². The quantitative estimate of drug-likeness (QED) is 0.619. The number of alkyl halides is 2. The van der Waals surface area contributed by atoms with Crippen LogP contribution in [0.1, 0.15) is 11.5 Å². The number of rotatable bonds is 5. The first-order valence-corrected chi connectivity index (χ1v) is 5.89. The summed E-state index contributed by atoms with van der Waals surface area (Å²) in [6, 6.07) is 1.65. The van der Waals surface area contributed by atoms with Gasteiger partial charge in [-0.2, -0.15) is 0 Å². The molecule has 84 valence electrons. The Labute approximate surface area is 101 Å². The van der Waals surface area contributed by atoms with Crippen molar-refractivity contribution in [3.05, 3.63) is 22.7 Å². The van der Waals surface area contributed by atoms with Crippen molar-refractivity contribution in [2.24, 2.45) is 0 Å². The van der Waals surface area contributed by atoms with Gasteiger partial charge < -0.3 is 4.74 Å². The molecule has 0 aromatic carbocycles. The molecule has 0 bridgehead atoms. The van der Waals surface area contributed by atoms with Crippen LogP contribution in [0, 0.1) is 6.92 Å². The zero-order valence-electron chi connectivity index (χ0n) is 8.21. The van der Waals surface area contributed by atoms with Crippen molar-refractivity contribution in [1.29, 1.82) is 0 Å². The van der Waals surface area contributed by atoms with Crippen LogP contribution < -0.4 is 0 Å². The first-order chi connectivity index (χ1) is 7.11. The van der Waals surface area contributed by atoms with E-state index >= 15 is 0 Å². The van der Waals surface area contributed by atoms with Crippen LogP contribution >= 0.6 is 27.5 Å². The third kappa shape index (κ3) is 4.86. The summed E-state index contributed by atoms with van der Waals surface area (Å²) in [5, 5.41) is 0.640. The second-order valence-corrected chi connectivity index (χ2v) is 4.05. The third-order valence-corrected chi connectivity index (χ3v) is 2.46. The van der Waals surface area contributed by atoms with Crippen molar-refractivity contribution in [2.45, 2.75) is 19.7 Å². The summed E-state index contributed by atoms with van der Waals surface area (Å²) in [4.78, 5) is 8.05. The van der Waals surface area contributed by atoms with Gasteiger partial charge in [0.25, 0.3) is 0 Å². The minimum atomic E-state index is -1.01. The lowest BCUT2D eigenvalue weighted by Gasteiger charge is -2.06. The maximum absolute atomic E-state index is 12.8. The van der Waals surface area contributed by atoms with Gasteiger partial charge in [0.05, 0.1) is 6.61 Å². The van der Waals surface area contributed by atoms with Crippen LogP contribution in [0.4, 0.5) is 4.39 Å². The average molecular weight is 298 g/mol. The minimum Gasteiger partial charge on any atom is -0.370 e. The number of ether oxygens (including phenoxy) is 1. The molecule has 15 heavy (non-hydrogen) atoms. The first-order valence-electron chi connectivity index (χ1n) is 4.39. The number of hydrogen-bond acceptors (Lipinski definition) is 3. The van der Waals surface area contributed by atoms with E-state index in [2.05, 4.69) is 25.9 Å². The van der Waals surface area contributed by atoms with Crippen molar-refractivity contribution in [2.75, 3.05) is 11.9 Å². The molecule has 0 N–H and O–H groups in total. The molecule has 3 nitrogen and oxygen atoms in total. The lowest BCUT2D eigenvalue weighted by Crippen LogP contribution is -2.12. The SMILES string of the molecule is Cc1cc(Cl)nc(COCC(F)CBr)n1. The van der Waals surface area contributed by atoms with E-state index in [1.54, 1.807) is 6.07 Å². The molecule has 0 saturated carbocycles. The molecule has 1 unspecified atom stereocenters. The maximum Gasteiger partial charge on any atom is 0.155 e. The summed E-state index contributed by atoms with van der Waals surface area (Å²) in [6.07, 6.45) is -1.01. The van der Waals surface area contributed by atoms with Crippen molar-refractivity contribution in [3.63, 3.8) is 0 Å². The molecule has 0 radical (unpaired) electrons. The predicted octanol–water partition coefficient (Wildman–Crippen LogP) is 2.69. The predicted molar refractivity (Wildman–Crippen MR) is 60.1 cm³/mol. The van der Waals surface area contributed by atoms with Crippen molar-refractivity contribution >= 4 is 27.5 Å². The normalized spacial score (nSPS) is 12.8. The lowest BCUT2D eigenvalue weighted by molar-refractivity contribution is 0.0741. The Hall–Kier alpha value is -0.260. The molecule has 1 aromatic rings. The molecule has 1 aromatic heterocycles. The van der Waals surface area contributed by atoms with E-state index in [1.807, 2.05) is 6.92 Å². The number of hydrogen-bond donors (Lipinski definition) is 0. The van der Waals surface area contributed by atoms with E-state index in [1.165, 1.54) is 0 Å². The topological polar surface area (TPSA) is 35.0 Å². The zero-order valence-corrected chi connectivity index (χ0v) is 10.6. The van der Waals surface area contributed by atoms with Gasteiger partial charge in [-0.25, -0.2) is 14.4 Å². The fourth-order valence-electron chi connectivity index (χ4n) is 0.976. The molecule has 0 saturated heterocycles. The molecular weight excluding hydrogens is 286 g/mol. The molecule has 1 heterocycles. The number of nitrogens with zero attached hydrogens (tertiary/aromatic N) is 2. The van der Waals surface area contributed by atoms with Crippen LogP contribution in [0.5, 0.6) is 0 Å². The molecule has 0 fully saturated rings. The third-order valence-electron chi connectivity index (χ3n) is 1.57. The molecule has 0 amide bonds. The summed E-state index contributed by atoms with van der Waals surface area (Å²) < 4.78 is 17.8. The monoisotopic (exact) mass is 296 g/mol. The molecule has 0 aliphatic carbocycles. The second kappa shape index (κ2) is 6.35. The first kappa shape index (κ1) is 12.8. The van der Waals surface area contributed by atoms with Gasteiger partial charge in [0, 0.05) is 11.0 Å². The minimum absolute atomic E-state index is 0.0279. The summed E-state index contributed by atoms with van der Waals surface area (Å²) in [5.41, 5.74) is 0.769. The number of halogens is 3. The smallest absolute Gasteiger partial charge is 0.155 e. The molecule has 6 heteroatoms. The second-order valence-electron chi connectivity index (χ2n) is 3.01. The standard InChI is InChI=1S/C9H11BrClFN2O/c1-6-2-8(11)14-9(13-6)5-15-4-7(12)3-10/h2,7H,3-5H2,1H3. The Morgan fingerprint density at radius 3 is 2.93 bits per heavy atom. The van der Waals surface area contributed by atoms with Gasteiger partial charge in [-0.1, -0.05) is 27.5 Å². The number of aromatic nitrogens is 2. The maximum atomic E-state index is 12.8. The zero-order chi connectivity index (χ0) is 11.3. The Balaban J connectivity index is 2.43. The molecule has 0 spiro atoms. The van der Waals surface area contributed by atoms with Gasteiger partial charge in [-0.3, -0.25) is 0 Å². The highest BCUT2D eigenvalue weighted by Crippen LogP contribution is 2.07. The van der Waals surface area contributed by atoms with Gasteiger partial charge >= 0.3 is 0 Å². The van der Waals surface area contributed by atoms with Crippen molar-refractivity contribution < 1.29 is 9.13 Å². The highest BCUT2D eigenvalue weighted by atomic mass is 79.9. The Morgan fingerprint density at radius 2 is 2.33 bits per heavy atom. The summed E-state index contributed by atoms with van der Waals surface area (Å²) >= 11 is 8.75. The van der Waals surface area contributed by atoms with Crippen LogP contribution in [0.3, 0.4) is 0 Å². The van der Waals surface area contributed by atoms with Crippen LogP contribution in [-0.4, -0.2) is 28.1 Å². The largest absolute Gasteiger partial charge is 0.370 e. The van der Waals surface area contributed by atoms with E-state index in [9.17, 15) is 4.39 Å². The van der Waals surface area contributed by atoms with Crippen LogP contribution in [0.15, 0.2) is 6.07 Å². The lowest BCUT2D eigenvalue weighted by atomic mass is 10.4. The summed E-state index contributed by atoms with van der Waals surface area (Å²) in [7, 11) is 0. The van der Waals surface area contributed by atoms with Crippen molar-refractivity contribution in [3.8, 4) is 0 Å². The van der Waals surface area contributed by atoms with Crippen LogP contribution in [0.2, 0.25) is 5.15 Å². The van der Waals surface area contributed by atoms with E-state index < -0.39 is 6.17 Å². The molecule has 0 aliphatic heterocycles. The van der Waals surface area contributed by atoms with Crippen LogP contribution in [-0.2, 0) is 11.3 Å². The fourth-order valence-corrected chi connectivity index (χ4v) is 1.42. The molecular formula is C9H11BrClFN2O. The summed E-state index contributed by atoms with van der Waals surface area (Å²) in [6.45, 7) is 2.02. The summed E-state index contributed by atoms with van der Waals surface area (Å²) in [5.74, 6) is 0.474. The molecule has 0 aliphatic rings. The highest BCUT2D eigenvalue weighted by molar-refractivity contribution is 9.09. The fraction of sp³-hybridized carbons (Fsp3) is 0.556. The van der Waals surface area contributed by atoms with E-state index in [-0.39, 0.29) is 18.5 Å².